The molecule has 0 aliphatic carbocycles. The highest BCUT2D eigenvalue weighted by Gasteiger charge is 2.10. The minimum absolute atomic E-state index is 0.157. The molecular weight excluding hydrogens is 214 g/mol. The topological polar surface area (TPSA) is 150 Å². The lowest BCUT2D eigenvalue weighted by Gasteiger charge is -2.00. The summed E-state index contributed by atoms with van der Waals surface area (Å²) in [7, 11) is 0. The molecule has 0 aliphatic rings. The number of carbonyl (C=O) groups is 3. The summed E-state index contributed by atoms with van der Waals surface area (Å²) < 4.78 is 0. The highest BCUT2D eigenvalue weighted by atomic mass is 16.4. The van der Waals surface area contributed by atoms with Crippen molar-refractivity contribution < 1.29 is 19.5 Å². The molecule has 7 nitrogen and oxygen atoms in total. The Bertz CT molecular complexity index is 380. The Morgan fingerprint density at radius 1 is 0.875 bits per heavy atom. The van der Waals surface area contributed by atoms with E-state index in [4.69, 9.17) is 21.4 Å². The van der Waals surface area contributed by atoms with Crippen LogP contribution >= 0.6 is 0 Å². The van der Waals surface area contributed by atoms with Gasteiger partial charge in [-0.2, -0.15) is 0 Å². The number of hydrogen-bond acceptors (Lipinski definition) is 3. The monoisotopic (exact) mass is 225 g/mol. The molecule has 1 aromatic rings. The first kappa shape index (κ1) is 13.4. The summed E-state index contributed by atoms with van der Waals surface area (Å²) in [4.78, 5) is 30.3. The zero-order valence-corrected chi connectivity index (χ0v) is 8.21. The van der Waals surface area contributed by atoms with E-state index >= 15 is 0 Å². The molecule has 86 valence electrons. The smallest absolute Gasteiger partial charge is 0.402 e. The average molecular weight is 225 g/mol. The third kappa shape index (κ3) is 4.61. The van der Waals surface area contributed by atoms with Gasteiger partial charge in [0, 0.05) is 0 Å². The molecule has 3 amide bonds. The maximum atomic E-state index is 10.7. The fourth-order valence-corrected chi connectivity index (χ4v) is 0.913. The second-order valence-corrected chi connectivity index (χ2v) is 2.61. The molecule has 0 atom stereocenters. The minimum atomic E-state index is -1.33. The predicted octanol–water partition coefficient (Wildman–Crippen LogP) is -0.493. The second kappa shape index (κ2) is 6.02. The third-order valence-electron chi connectivity index (χ3n) is 1.46. The van der Waals surface area contributed by atoms with Crippen LogP contribution in [-0.2, 0) is 0 Å². The van der Waals surface area contributed by atoms with Crippen LogP contribution in [0.15, 0.2) is 24.3 Å². The van der Waals surface area contributed by atoms with Gasteiger partial charge in [-0.3, -0.25) is 9.59 Å². The van der Waals surface area contributed by atoms with Crippen molar-refractivity contribution >= 4 is 17.9 Å². The van der Waals surface area contributed by atoms with Crippen LogP contribution in [0.25, 0.3) is 0 Å². The Kier molecular flexibility index (Phi) is 5.05. The summed E-state index contributed by atoms with van der Waals surface area (Å²) in [6.45, 7) is 0. The van der Waals surface area contributed by atoms with E-state index in [2.05, 4.69) is 5.73 Å². The lowest BCUT2D eigenvalue weighted by molar-refractivity contribution is 0.0967. The number of hydrogen-bond donors (Lipinski definition) is 4. The van der Waals surface area contributed by atoms with Crippen LogP contribution in [-0.4, -0.2) is 23.0 Å². The van der Waals surface area contributed by atoms with Gasteiger partial charge in [0.1, 0.15) is 0 Å². The Morgan fingerprint density at radius 3 is 1.31 bits per heavy atom. The highest BCUT2D eigenvalue weighted by molar-refractivity contribution is 6.06. The summed E-state index contributed by atoms with van der Waals surface area (Å²) in [6.07, 6.45) is -1.33. The third-order valence-corrected chi connectivity index (χ3v) is 1.46. The number of amides is 3. The summed E-state index contributed by atoms with van der Waals surface area (Å²) >= 11 is 0. The standard InChI is InChI=1S/C8H8N2O2.CH3NO2/c9-7(11)5-3-1-2-4-6(5)8(10)12;2-1(3)4/h1-4H,(H2,9,11)(H2,10,12);2H2,(H,3,4). The van der Waals surface area contributed by atoms with Crippen molar-refractivity contribution in [1.82, 2.24) is 0 Å². The molecule has 0 aromatic heterocycles. The van der Waals surface area contributed by atoms with Crippen LogP contribution in [0.5, 0.6) is 0 Å². The molecule has 0 radical (unpaired) electrons. The van der Waals surface area contributed by atoms with Gasteiger partial charge in [0.2, 0.25) is 11.8 Å². The van der Waals surface area contributed by atoms with Crippen LogP contribution < -0.4 is 17.2 Å². The van der Waals surface area contributed by atoms with Gasteiger partial charge in [-0.1, -0.05) is 12.1 Å². The summed E-state index contributed by atoms with van der Waals surface area (Å²) in [5, 5.41) is 7.19. The molecule has 0 unspecified atom stereocenters. The molecule has 0 bridgehead atoms. The number of nitrogens with two attached hydrogens (primary N) is 3. The van der Waals surface area contributed by atoms with E-state index in [1.54, 1.807) is 12.1 Å². The number of rotatable bonds is 2. The molecule has 0 saturated carbocycles. The molecular formula is C9H11N3O4. The molecule has 0 aliphatic heterocycles. The fourth-order valence-electron chi connectivity index (χ4n) is 0.913. The zero-order valence-electron chi connectivity index (χ0n) is 8.21. The number of primary amides is 3. The molecule has 16 heavy (non-hydrogen) atoms. The van der Waals surface area contributed by atoms with E-state index in [9.17, 15) is 9.59 Å². The SMILES string of the molecule is NC(=O)O.NC(=O)c1ccccc1C(N)=O. The lowest BCUT2D eigenvalue weighted by Crippen LogP contribution is -2.20. The van der Waals surface area contributed by atoms with E-state index < -0.39 is 17.9 Å². The van der Waals surface area contributed by atoms with Gasteiger partial charge in [0.15, 0.2) is 0 Å². The van der Waals surface area contributed by atoms with Crippen LogP contribution in [0.2, 0.25) is 0 Å². The second-order valence-electron chi connectivity index (χ2n) is 2.61. The maximum Gasteiger partial charge on any atom is 0.402 e. The molecule has 0 fully saturated rings. The van der Waals surface area contributed by atoms with Crippen molar-refractivity contribution in [3.63, 3.8) is 0 Å². The van der Waals surface area contributed by atoms with Crippen LogP contribution in [0.3, 0.4) is 0 Å². The van der Waals surface area contributed by atoms with E-state index in [1.165, 1.54) is 12.1 Å². The molecule has 7 N–H and O–H groups in total. The molecule has 0 saturated heterocycles. The normalized spacial score (nSPS) is 8.50. The van der Waals surface area contributed by atoms with Gasteiger partial charge in [0.05, 0.1) is 11.1 Å². The highest BCUT2D eigenvalue weighted by Crippen LogP contribution is 2.06. The summed E-state index contributed by atoms with van der Waals surface area (Å²) in [6, 6.07) is 6.16. The summed E-state index contributed by atoms with van der Waals surface area (Å²) in [5.41, 5.74) is 14.4. The first-order chi connectivity index (χ1) is 7.36. The van der Waals surface area contributed by atoms with Gasteiger partial charge in [-0.15, -0.1) is 0 Å². The molecule has 1 aromatic carbocycles. The van der Waals surface area contributed by atoms with Gasteiger partial charge in [-0.05, 0) is 12.1 Å². The molecule has 0 heterocycles. The van der Waals surface area contributed by atoms with E-state index in [-0.39, 0.29) is 11.1 Å². The first-order valence-corrected chi connectivity index (χ1v) is 4.03. The van der Waals surface area contributed by atoms with Crippen molar-refractivity contribution in [1.29, 1.82) is 0 Å². The first-order valence-electron chi connectivity index (χ1n) is 4.03. The molecule has 7 heteroatoms. The van der Waals surface area contributed by atoms with Crippen LogP contribution in [0, 0.1) is 0 Å². The van der Waals surface area contributed by atoms with E-state index in [1.807, 2.05) is 0 Å². The van der Waals surface area contributed by atoms with Crippen molar-refractivity contribution in [2.45, 2.75) is 0 Å². The number of carbonyl (C=O) groups excluding carboxylic acids is 2. The quantitative estimate of drug-likeness (QED) is 0.536. The maximum absolute atomic E-state index is 10.7. The largest absolute Gasteiger partial charge is 0.465 e. The lowest BCUT2D eigenvalue weighted by atomic mass is 10.1. The van der Waals surface area contributed by atoms with Crippen LogP contribution in [0.4, 0.5) is 4.79 Å². The molecule has 1 rings (SSSR count). The Hall–Kier alpha value is -2.57. The minimum Gasteiger partial charge on any atom is -0.465 e. The van der Waals surface area contributed by atoms with Gasteiger partial charge >= 0.3 is 6.09 Å². The van der Waals surface area contributed by atoms with Crippen LogP contribution in [0.1, 0.15) is 20.7 Å². The van der Waals surface area contributed by atoms with E-state index in [0.717, 1.165) is 0 Å². The van der Waals surface area contributed by atoms with Gasteiger partial charge in [0.25, 0.3) is 0 Å². The Balaban J connectivity index is 0.000000487. The van der Waals surface area contributed by atoms with Crippen molar-refractivity contribution in [3.05, 3.63) is 35.4 Å². The zero-order chi connectivity index (χ0) is 12.7. The number of benzene rings is 1. The van der Waals surface area contributed by atoms with Gasteiger partial charge in [-0.25, -0.2) is 4.79 Å². The fraction of sp³-hybridized carbons (Fsp3) is 0. The average Bonchev–Trinajstić information content (AvgIpc) is 2.16. The van der Waals surface area contributed by atoms with Gasteiger partial charge < -0.3 is 22.3 Å². The predicted molar refractivity (Wildman–Crippen MR) is 55.7 cm³/mol. The van der Waals surface area contributed by atoms with Crippen molar-refractivity contribution in [3.8, 4) is 0 Å². The van der Waals surface area contributed by atoms with Crippen molar-refractivity contribution in [2.24, 2.45) is 17.2 Å². The number of carboxylic acid groups (broad SMARTS) is 1. The Labute approximate surface area is 90.8 Å². The van der Waals surface area contributed by atoms with E-state index in [0.29, 0.717) is 0 Å². The molecule has 0 spiro atoms. The Morgan fingerprint density at radius 2 is 1.12 bits per heavy atom. The van der Waals surface area contributed by atoms with Crippen molar-refractivity contribution in [2.75, 3.05) is 0 Å². The summed E-state index contributed by atoms with van der Waals surface area (Å²) in [5.74, 6) is -1.30.